The normalized spacial score (nSPS) is 16.1. The van der Waals surface area contributed by atoms with Crippen molar-refractivity contribution in [2.45, 2.75) is 25.8 Å². The van der Waals surface area contributed by atoms with Gasteiger partial charge in [-0.2, -0.15) is 0 Å². The van der Waals surface area contributed by atoms with E-state index in [1.54, 1.807) is 24.5 Å². The molecule has 4 rings (SSSR count). The van der Waals surface area contributed by atoms with E-state index in [2.05, 4.69) is 30.9 Å². The first-order valence-electron chi connectivity index (χ1n) is 9.65. The average molecular weight is 490 g/mol. The predicted molar refractivity (Wildman–Crippen MR) is 119 cm³/mol. The van der Waals surface area contributed by atoms with Gasteiger partial charge >= 0.3 is 0 Å². The second-order valence-electron chi connectivity index (χ2n) is 7.29. The highest BCUT2D eigenvalue weighted by molar-refractivity contribution is 9.10. The molecule has 1 aliphatic heterocycles. The SMILES string of the molecule is Cc1nc(C(=O)N2CCC[C@H]2CN(C)c2ncc(Br)cn2)c(-c2ccc(F)cc2)s1. The van der Waals surface area contributed by atoms with Crippen molar-refractivity contribution in [1.82, 2.24) is 19.9 Å². The number of amides is 1. The van der Waals surface area contributed by atoms with Crippen LogP contribution in [0.15, 0.2) is 41.1 Å². The smallest absolute Gasteiger partial charge is 0.274 e. The van der Waals surface area contributed by atoms with Crippen molar-refractivity contribution in [3.8, 4) is 10.4 Å². The molecule has 0 unspecified atom stereocenters. The highest BCUT2D eigenvalue weighted by Crippen LogP contribution is 2.33. The maximum atomic E-state index is 13.4. The van der Waals surface area contributed by atoms with Crippen molar-refractivity contribution in [3.05, 3.63) is 57.7 Å². The third kappa shape index (κ3) is 4.37. The van der Waals surface area contributed by atoms with E-state index in [9.17, 15) is 9.18 Å². The van der Waals surface area contributed by atoms with Crippen molar-refractivity contribution >= 4 is 39.1 Å². The molecule has 2 aromatic heterocycles. The lowest BCUT2D eigenvalue weighted by molar-refractivity contribution is 0.0736. The Morgan fingerprint density at radius 2 is 2.00 bits per heavy atom. The zero-order chi connectivity index (χ0) is 21.3. The number of halogens is 2. The average Bonchev–Trinajstić information content (AvgIpc) is 3.35. The summed E-state index contributed by atoms with van der Waals surface area (Å²) in [6, 6.07) is 6.26. The summed E-state index contributed by atoms with van der Waals surface area (Å²) in [5, 5.41) is 0.814. The van der Waals surface area contributed by atoms with Gasteiger partial charge in [0.25, 0.3) is 5.91 Å². The monoisotopic (exact) mass is 489 g/mol. The minimum absolute atomic E-state index is 0.0535. The largest absolute Gasteiger partial charge is 0.342 e. The number of aromatic nitrogens is 3. The van der Waals surface area contributed by atoms with E-state index in [0.717, 1.165) is 32.8 Å². The number of likely N-dealkylation sites (N-methyl/N-ethyl adjacent to an activating group) is 1. The molecule has 0 N–H and O–H groups in total. The van der Waals surface area contributed by atoms with E-state index in [1.165, 1.54) is 23.5 Å². The molecular formula is C21H21BrFN5OS. The van der Waals surface area contributed by atoms with Gasteiger partial charge in [-0.05, 0) is 53.4 Å². The van der Waals surface area contributed by atoms with Gasteiger partial charge in [-0.1, -0.05) is 12.1 Å². The molecule has 9 heteroatoms. The quantitative estimate of drug-likeness (QED) is 0.525. The molecular weight excluding hydrogens is 469 g/mol. The molecule has 156 valence electrons. The summed E-state index contributed by atoms with van der Waals surface area (Å²) in [6.07, 6.45) is 5.29. The molecule has 3 aromatic rings. The van der Waals surface area contributed by atoms with Gasteiger partial charge in [0.15, 0.2) is 0 Å². The van der Waals surface area contributed by atoms with Gasteiger partial charge in [0.1, 0.15) is 11.5 Å². The second kappa shape index (κ2) is 8.77. The molecule has 0 bridgehead atoms. The number of hydrogen-bond acceptors (Lipinski definition) is 6. The maximum absolute atomic E-state index is 13.4. The predicted octanol–water partition coefficient (Wildman–Crippen LogP) is 4.55. The highest BCUT2D eigenvalue weighted by atomic mass is 79.9. The van der Waals surface area contributed by atoms with Crippen molar-refractivity contribution < 1.29 is 9.18 Å². The molecule has 3 heterocycles. The van der Waals surface area contributed by atoms with Gasteiger partial charge in [-0.15, -0.1) is 11.3 Å². The standard InChI is InChI=1S/C21H21BrFN5OS/c1-13-26-18(19(30-13)14-5-7-16(23)8-6-14)20(29)28-9-3-4-17(28)12-27(2)21-24-10-15(22)11-25-21/h5-8,10-11,17H,3-4,9,12H2,1-2H3/t17-/m0/s1. The van der Waals surface area contributed by atoms with Crippen molar-refractivity contribution in [2.75, 3.05) is 25.0 Å². The van der Waals surface area contributed by atoms with Crippen LogP contribution in [0.25, 0.3) is 10.4 Å². The zero-order valence-electron chi connectivity index (χ0n) is 16.7. The number of thiazole rings is 1. The Hall–Kier alpha value is -2.39. The topological polar surface area (TPSA) is 62.2 Å². The van der Waals surface area contributed by atoms with Gasteiger partial charge in [0.05, 0.1) is 14.4 Å². The van der Waals surface area contributed by atoms with E-state index < -0.39 is 0 Å². The van der Waals surface area contributed by atoms with Crippen LogP contribution in [0.3, 0.4) is 0 Å². The number of likely N-dealkylation sites (tertiary alicyclic amines) is 1. The van der Waals surface area contributed by atoms with Crippen molar-refractivity contribution in [3.63, 3.8) is 0 Å². The number of hydrogen-bond donors (Lipinski definition) is 0. The lowest BCUT2D eigenvalue weighted by Gasteiger charge is -2.28. The Morgan fingerprint density at radius 1 is 1.30 bits per heavy atom. The first-order valence-corrected chi connectivity index (χ1v) is 11.3. The molecule has 0 spiro atoms. The van der Waals surface area contributed by atoms with Crippen LogP contribution in [-0.2, 0) is 0 Å². The van der Waals surface area contributed by atoms with Crippen molar-refractivity contribution in [1.29, 1.82) is 0 Å². The number of carbonyl (C=O) groups excluding carboxylic acids is 1. The first-order chi connectivity index (χ1) is 14.4. The van der Waals surface area contributed by atoms with Gasteiger partial charge < -0.3 is 9.80 Å². The van der Waals surface area contributed by atoms with Crippen LogP contribution >= 0.6 is 27.3 Å². The highest BCUT2D eigenvalue weighted by Gasteiger charge is 2.33. The molecule has 6 nitrogen and oxygen atoms in total. The Kier molecular flexibility index (Phi) is 6.10. The number of nitrogens with zero attached hydrogens (tertiary/aromatic N) is 5. The number of benzene rings is 1. The number of carbonyl (C=O) groups is 1. The van der Waals surface area contributed by atoms with Crippen LogP contribution in [0.4, 0.5) is 10.3 Å². The van der Waals surface area contributed by atoms with E-state index in [1.807, 2.05) is 23.8 Å². The molecule has 1 aromatic carbocycles. The van der Waals surface area contributed by atoms with Crippen LogP contribution in [0.1, 0.15) is 28.3 Å². The molecule has 1 fully saturated rings. The van der Waals surface area contributed by atoms with Crippen LogP contribution in [0, 0.1) is 12.7 Å². The van der Waals surface area contributed by atoms with Crippen molar-refractivity contribution in [2.24, 2.45) is 0 Å². The molecule has 30 heavy (non-hydrogen) atoms. The van der Waals surface area contributed by atoms with E-state index in [-0.39, 0.29) is 17.8 Å². The fraction of sp³-hybridized carbons (Fsp3) is 0.333. The Bertz CT molecular complexity index is 1040. The maximum Gasteiger partial charge on any atom is 0.274 e. The first kappa shape index (κ1) is 20.9. The van der Waals surface area contributed by atoms with Crippen LogP contribution in [-0.4, -0.2) is 51.9 Å². The third-order valence-electron chi connectivity index (χ3n) is 5.11. The molecule has 1 aliphatic rings. The second-order valence-corrected chi connectivity index (χ2v) is 9.41. The third-order valence-corrected chi connectivity index (χ3v) is 6.54. The molecule has 1 amide bonds. The zero-order valence-corrected chi connectivity index (χ0v) is 19.1. The summed E-state index contributed by atoms with van der Waals surface area (Å²) in [7, 11) is 1.93. The van der Waals surface area contributed by atoms with E-state index in [4.69, 9.17) is 0 Å². The summed E-state index contributed by atoms with van der Waals surface area (Å²) in [4.78, 5) is 31.3. The fourth-order valence-corrected chi connectivity index (χ4v) is 4.82. The van der Waals surface area contributed by atoms with E-state index >= 15 is 0 Å². The van der Waals surface area contributed by atoms with Gasteiger partial charge in [-0.3, -0.25) is 4.79 Å². The van der Waals surface area contributed by atoms with Crippen LogP contribution < -0.4 is 4.90 Å². The molecule has 0 radical (unpaired) electrons. The lowest BCUT2D eigenvalue weighted by Crippen LogP contribution is -2.43. The van der Waals surface area contributed by atoms with Gasteiger partial charge in [0.2, 0.25) is 5.95 Å². The summed E-state index contributed by atoms with van der Waals surface area (Å²) >= 11 is 4.80. The van der Waals surface area contributed by atoms with Crippen LogP contribution in [0.5, 0.6) is 0 Å². The minimum Gasteiger partial charge on any atom is -0.342 e. The fourth-order valence-electron chi connectivity index (χ4n) is 3.70. The Labute approximate surface area is 186 Å². The number of aryl methyl sites for hydroxylation is 1. The number of anilines is 1. The number of rotatable bonds is 5. The lowest BCUT2D eigenvalue weighted by atomic mass is 10.1. The Morgan fingerprint density at radius 3 is 2.70 bits per heavy atom. The molecule has 0 saturated carbocycles. The molecule has 1 saturated heterocycles. The van der Waals surface area contributed by atoms with Crippen LogP contribution in [0.2, 0.25) is 0 Å². The summed E-state index contributed by atoms with van der Waals surface area (Å²) in [5.74, 6) is 0.242. The van der Waals surface area contributed by atoms with Gasteiger partial charge in [0, 0.05) is 38.6 Å². The van der Waals surface area contributed by atoms with E-state index in [0.29, 0.717) is 24.7 Å². The molecule has 0 aliphatic carbocycles. The summed E-state index contributed by atoms with van der Waals surface area (Å²) < 4.78 is 14.2. The van der Waals surface area contributed by atoms with Gasteiger partial charge in [-0.25, -0.2) is 19.3 Å². The Balaban J connectivity index is 1.55. The minimum atomic E-state index is -0.300. The summed E-state index contributed by atoms with van der Waals surface area (Å²) in [6.45, 7) is 3.22. The molecule has 1 atom stereocenters. The summed E-state index contributed by atoms with van der Waals surface area (Å²) in [5.41, 5.74) is 1.25.